The molecule has 0 saturated heterocycles. The van der Waals surface area contributed by atoms with Crippen LogP contribution in [-0.4, -0.2) is 31.1 Å². The Morgan fingerprint density at radius 2 is 2.00 bits per heavy atom. The van der Waals surface area contributed by atoms with E-state index in [0.717, 1.165) is 59.5 Å². The molecule has 0 aromatic carbocycles. The monoisotopic (exact) mass is 362 g/mol. The lowest BCUT2D eigenvalue weighted by molar-refractivity contribution is -0.0126. The summed E-state index contributed by atoms with van der Waals surface area (Å²) >= 11 is 0. The summed E-state index contributed by atoms with van der Waals surface area (Å²) in [6.45, 7) is 2.84. The summed E-state index contributed by atoms with van der Waals surface area (Å²) in [6, 6.07) is 3.90. The highest BCUT2D eigenvalue weighted by molar-refractivity contribution is 6.11. The van der Waals surface area contributed by atoms with Gasteiger partial charge in [0.1, 0.15) is 5.60 Å². The Balaban J connectivity index is 1.60. The van der Waals surface area contributed by atoms with Gasteiger partial charge in [0.2, 0.25) is 0 Å². The smallest absolute Gasteiger partial charge is 0.159 e. The number of rotatable bonds is 4. The Morgan fingerprint density at radius 1 is 1.19 bits per heavy atom. The molecule has 7 nitrogen and oxygen atoms in total. The molecule has 1 aliphatic carbocycles. The minimum absolute atomic E-state index is 0.105. The van der Waals surface area contributed by atoms with E-state index in [1.54, 1.807) is 12.4 Å². The largest absolute Gasteiger partial charge is 0.389 e. The molecule has 0 amide bonds. The Hall–Kier alpha value is -2.96. The molecule has 0 bridgehead atoms. The molecule has 4 heterocycles. The highest BCUT2D eigenvalue weighted by Gasteiger charge is 2.42. The van der Waals surface area contributed by atoms with Crippen LogP contribution in [0.15, 0.2) is 42.1 Å². The number of fused-ring (bicyclic) bond motifs is 1. The third-order valence-corrected chi connectivity index (χ3v) is 5.58. The van der Waals surface area contributed by atoms with E-state index >= 15 is 0 Å². The second-order valence-electron chi connectivity index (χ2n) is 7.30. The fourth-order valence-electron chi connectivity index (χ4n) is 4.14. The second-order valence-corrected chi connectivity index (χ2v) is 7.30. The van der Waals surface area contributed by atoms with Crippen LogP contribution >= 0.6 is 0 Å². The molecule has 1 spiro atoms. The molecule has 0 radical (unpaired) electrons. The van der Waals surface area contributed by atoms with Crippen LogP contribution in [0.5, 0.6) is 0 Å². The lowest BCUT2D eigenvalue weighted by atomic mass is 9.92. The Bertz CT molecular complexity index is 1000. The van der Waals surface area contributed by atoms with Crippen LogP contribution in [-0.2, 0) is 11.4 Å². The van der Waals surface area contributed by atoms with Crippen LogP contribution in [0.4, 0.5) is 11.4 Å². The van der Waals surface area contributed by atoms with Gasteiger partial charge in [0.15, 0.2) is 5.65 Å². The molecular weight excluding hydrogens is 340 g/mol. The summed E-state index contributed by atoms with van der Waals surface area (Å²) in [5.41, 5.74) is 4.66. The maximum atomic E-state index is 5.91. The van der Waals surface area contributed by atoms with Crippen LogP contribution in [0.25, 0.3) is 11.0 Å². The number of hydrogen-bond donors (Lipinski definition) is 1. The fraction of sp³-hybridized carbons (Fsp3) is 0.400. The van der Waals surface area contributed by atoms with Gasteiger partial charge in [0, 0.05) is 42.8 Å². The van der Waals surface area contributed by atoms with Crippen LogP contribution in [0.1, 0.15) is 44.6 Å². The molecule has 1 saturated carbocycles. The second kappa shape index (κ2) is 6.33. The van der Waals surface area contributed by atoms with Gasteiger partial charge in [-0.2, -0.15) is 5.10 Å². The molecule has 1 N–H and O–H groups in total. The van der Waals surface area contributed by atoms with Gasteiger partial charge in [0.05, 0.1) is 23.0 Å². The lowest BCUT2D eigenvalue weighted by Gasteiger charge is -2.19. The normalized spacial score (nSPS) is 18.0. The van der Waals surface area contributed by atoms with Crippen molar-refractivity contribution in [2.75, 3.05) is 5.32 Å². The van der Waals surface area contributed by atoms with Crippen molar-refractivity contribution >= 4 is 28.1 Å². The first-order valence-corrected chi connectivity index (χ1v) is 9.55. The molecule has 138 valence electrons. The van der Waals surface area contributed by atoms with E-state index in [2.05, 4.69) is 32.5 Å². The van der Waals surface area contributed by atoms with Crippen molar-refractivity contribution in [1.29, 1.82) is 0 Å². The van der Waals surface area contributed by atoms with Gasteiger partial charge in [-0.3, -0.25) is 4.98 Å². The standard InChI is InChI=1S/C20H22N6O/c1-2-26-19-16(13-23-26)18(24-14-5-9-21-10-6-14)15(12-22-19)17-11-20(27-25-17)7-3-4-8-20/h5-6,9-10,12-13H,2-4,7-8,11H2,1H3,(H,21,22,24). The predicted octanol–water partition coefficient (Wildman–Crippen LogP) is 4.03. The van der Waals surface area contributed by atoms with Crippen molar-refractivity contribution in [2.45, 2.75) is 51.2 Å². The minimum Gasteiger partial charge on any atom is -0.389 e. The predicted molar refractivity (Wildman–Crippen MR) is 104 cm³/mol. The van der Waals surface area contributed by atoms with E-state index in [9.17, 15) is 0 Å². The topological polar surface area (TPSA) is 77.2 Å². The minimum atomic E-state index is -0.105. The molecule has 3 aromatic rings. The van der Waals surface area contributed by atoms with Gasteiger partial charge >= 0.3 is 0 Å². The third-order valence-electron chi connectivity index (χ3n) is 5.58. The summed E-state index contributed by atoms with van der Waals surface area (Å²) < 4.78 is 1.91. The van der Waals surface area contributed by atoms with Gasteiger partial charge in [-0.15, -0.1) is 0 Å². The van der Waals surface area contributed by atoms with E-state index < -0.39 is 0 Å². The maximum Gasteiger partial charge on any atom is 0.159 e. The fourth-order valence-corrected chi connectivity index (χ4v) is 4.14. The van der Waals surface area contributed by atoms with Crippen LogP contribution in [0.3, 0.4) is 0 Å². The first kappa shape index (κ1) is 16.2. The quantitative estimate of drug-likeness (QED) is 0.758. The SMILES string of the molecule is CCn1ncc2c(Nc3ccncc3)c(C3=NOC4(CCCC4)C3)cnc21. The van der Waals surface area contributed by atoms with Crippen molar-refractivity contribution in [3.8, 4) is 0 Å². The molecule has 1 aliphatic heterocycles. The van der Waals surface area contributed by atoms with Gasteiger partial charge in [0.25, 0.3) is 0 Å². The lowest BCUT2D eigenvalue weighted by Crippen LogP contribution is -2.24. The highest BCUT2D eigenvalue weighted by Crippen LogP contribution is 2.42. The molecule has 3 aromatic heterocycles. The first-order valence-electron chi connectivity index (χ1n) is 9.55. The zero-order valence-corrected chi connectivity index (χ0v) is 15.4. The Kier molecular flexibility index (Phi) is 3.81. The number of nitrogens with zero attached hydrogens (tertiary/aromatic N) is 5. The summed E-state index contributed by atoms with van der Waals surface area (Å²) in [5, 5.41) is 13.5. The Labute approximate surface area is 157 Å². The third kappa shape index (κ3) is 2.74. The van der Waals surface area contributed by atoms with Crippen molar-refractivity contribution in [2.24, 2.45) is 5.16 Å². The van der Waals surface area contributed by atoms with Gasteiger partial charge in [-0.05, 0) is 44.7 Å². The van der Waals surface area contributed by atoms with Gasteiger partial charge in [-0.25, -0.2) is 9.67 Å². The van der Waals surface area contributed by atoms with Crippen molar-refractivity contribution < 1.29 is 4.84 Å². The van der Waals surface area contributed by atoms with E-state index in [1.807, 2.05) is 29.2 Å². The molecule has 0 atom stereocenters. The maximum absolute atomic E-state index is 5.91. The summed E-state index contributed by atoms with van der Waals surface area (Å²) in [5.74, 6) is 0. The van der Waals surface area contributed by atoms with Crippen LogP contribution < -0.4 is 5.32 Å². The van der Waals surface area contributed by atoms with Crippen molar-refractivity contribution in [3.05, 3.63) is 42.5 Å². The molecule has 2 aliphatic rings. The highest BCUT2D eigenvalue weighted by atomic mass is 16.7. The number of oxime groups is 1. The van der Waals surface area contributed by atoms with E-state index in [4.69, 9.17) is 4.84 Å². The summed E-state index contributed by atoms with van der Waals surface area (Å²) in [6.07, 6.45) is 12.8. The Morgan fingerprint density at radius 3 is 2.78 bits per heavy atom. The molecule has 0 unspecified atom stereocenters. The van der Waals surface area contributed by atoms with Gasteiger partial charge < -0.3 is 10.2 Å². The van der Waals surface area contributed by atoms with E-state index in [1.165, 1.54) is 12.8 Å². The van der Waals surface area contributed by atoms with E-state index in [-0.39, 0.29) is 5.60 Å². The number of aromatic nitrogens is 4. The number of nitrogens with one attached hydrogen (secondary N) is 1. The molecular formula is C20H22N6O. The zero-order chi connectivity index (χ0) is 18.3. The van der Waals surface area contributed by atoms with Crippen molar-refractivity contribution in [1.82, 2.24) is 19.7 Å². The number of pyridine rings is 2. The number of anilines is 2. The van der Waals surface area contributed by atoms with Crippen LogP contribution in [0, 0.1) is 0 Å². The summed E-state index contributed by atoms with van der Waals surface area (Å²) in [7, 11) is 0. The molecule has 1 fully saturated rings. The zero-order valence-electron chi connectivity index (χ0n) is 15.4. The first-order chi connectivity index (χ1) is 13.3. The molecule has 7 heteroatoms. The van der Waals surface area contributed by atoms with Crippen LogP contribution in [0.2, 0.25) is 0 Å². The average Bonchev–Trinajstić information content (AvgIpc) is 3.44. The average molecular weight is 362 g/mol. The van der Waals surface area contributed by atoms with Gasteiger partial charge in [-0.1, -0.05) is 5.16 Å². The van der Waals surface area contributed by atoms with E-state index in [0.29, 0.717) is 0 Å². The molecule has 27 heavy (non-hydrogen) atoms. The summed E-state index contributed by atoms with van der Waals surface area (Å²) in [4.78, 5) is 14.7. The number of hydrogen-bond acceptors (Lipinski definition) is 6. The van der Waals surface area contributed by atoms with Crippen molar-refractivity contribution in [3.63, 3.8) is 0 Å². The number of aryl methyl sites for hydroxylation is 1. The molecule has 5 rings (SSSR count).